The highest BCUT2D eigenvalue weighted by Gasteiger charge is 2.18. The molecule has 0 radical (unpaired) electrons. The summed E-state index contributed by atoms with van der Waals surface area (Å²) in [6.07, 6.45) is 0.537. The molecule has 16 heavy (non-hydrogen) atoms. The lowest BCUT2D eigenvalue weighted by atomic mass is 10.1. The number of nitrogens with zero attached hydrogens (tertiary/aromatic N) is 1. The van der Waals surface area contributed by atoms with Crippen LogP contribution in [-0.2, 0) is 11.2 Å². The van der Waals surface area contributed by atoms with Crippen molar-refractivity contribution in [2.75, 3.05) is 0 Å². The maximum atomic E-state index is 11.0. The van der Waals surface area contributed by atoms with Gasteiger partial charge in [0, 0.05) is 17.0 Å². The number of fused-ring (bicyclic) bond motifs is 1. The van der Waals surface area contributed by atoms with E-state index in [1.807, 2.05) is 30.3 Å². The van der Waals surface area contributed by atoms with Crippen LogP contribution in [0.1, 0.15) is 5.56 Å². The maximum Gasteiger partial charge on any atom is 0.261 e. The summed E-state index contributed by atoms with van der Waals surface area (Å²) >= 11 is 1.39. The molecule has 1 aromatic rings. The van der Waals surface area contributed by atoms with Crippen molar-refractivity contribution in [2.24, 2.45) is 5.73 Å². The molecule has 4 nitrogen and oxygen atoms in total. The van der Waals surface area contributed by atoms with Crippen LogP contribution in [0.15, 0.2) is 40.4 Å². The van der Waals surface area contributed by atoms with Crippen molar-refractivity contribution in [1.29, 1.82) is 5.26 Å². The molecular weight excluding hydrogens is 222 g/mol. The zero-order valence-corrected chi connectivity index (χ0v) is 9.17. The molecule has 0 saturated carbocycles. The molecule has 0 aromatic heterocycles. The van der Waals surface area contributed by atoms with Crippen LogP contribution < -0.4 is 10.5 Å². The van der Waals surface area contributed by atoms with E-state index in [0.29, 0.717) is 12.1 Å². The van der Waals surface area contributed by atoms with Crippen molar-refractivity contribution in [2.45, 2.75) is 11.3 Å². The topological polar surface area (TPSA) is 78.9 Å². The molecule has 0 saturated heterocycles. The first kappa shape index (κ1) is 10.6. The summed E-state index contributed by atoms with van der Waals surface area (Å²) in [7, 11) is 0. The van der Waals surface area contributed by atoms with Gasteiger partial charge in [0.15, 0.2) is 0 Å². The number of nitrogens with two attached hydrogens (primary N) is 1. The quantitative estimate of drug-likeness (QED) is 0.431. The summed E-state index contributed by atoms with van der Waals surface area (Å²) in [5, 5.41) is 8.84. The van der Waals surface area contributed by atoms with Gasteiger partial charge in [-0.1, -0.05) is 18.2 Å². The number of carbonyl (C=O) groups is 1. The van der Waals surface area contributed by atoms with Crippen LogP contribution in [0, 0.1) is 11.3 Å². The van der Waals surface area contributed by atoms with Crippen molar-refractivity contribution >= 4 is 17.9 Å². The Morgan fingerprint density at radius 3 is 2.94 bits per heavy atom. The summed E-state index contributed by atoms with van der Waals surface area (Å²) in [5.41, 5.74) is 6.81. The fraction of sp³-hybridized carbons (Fsp3) is 0.0909. The van der Waals surface area contributed by atoms with Gasteiger partial charge in [-0.3, -0.25) is 4.79 Å². The molecule has 5 heteroatoms. The third-order valence-corrected chi connectivity index (χ3v) is 3.25. The van der Waals surface area contributed by atoms with Crippen molar-refractivity contribution in [3.05, 3.63) is 41.1 Å². The molecule has 0 bridgehead atoms. The Morgan fingerprint density at radius 2 is 2.25 bits per heavy atom. The van der Waals surface area contributed by atoms with E-state index in [1.54, 1.807) is 0 Å². The Kier molecular flexibility index (Phi) is 2.84. The largest absolute Gasteiger partial charge is 0.365 e. The van der Waals surface area contributed by atoms with Gasteiger partial charge in [0.05, 0.1) is 0 Å². The summed E-state index contributed by atoms with van der Waals surface area (Å²) in [5.74, 6) is -0.690. The second-order valence-corrected chi connectivity index (χ2v) is 4.17. The van der Waals surface area contributed by atoms with Crippen LogP contribution >= 0.6 is 11.9 Å². The molecular formula is C11H9N3OS. The number of carbonyl (C=O) groups excluding carboxylic acids is 1. The van der Waals surface area contributed by atoms with Crippen molar-refractivity contribution in [3.63, 3.8) is 0 Å². The lowest BCUT2D eigenvalue weighted by Crippen LogP contribution is -2.22. The average Bonchev–Trinajstić information content (AvgIpc) is 2.29. The van der Waals surface area contributed by atoms with Crippen LogP contribution in [-0.4, -0.2) is 5.91 Å². The van der Waals surface area contributed by atoms with Gasteiger partial charge in [-0.25, -0.2) is 0 Å². The third kappa shape index (κ3) is 1.88. The molecule has 0 aliphatic carbocycles. The van der Waals surface area contributed by atoms with Crippen molar-refractivity contribution in [1.82, 2.24) is 4.72 Å². The van der Waals surface area contributed by atoms with E-state index < -0.39 is 5.91 Å². The number of hydrogen-bond donors (Lipinski definition) is 2. The maximum absolute atomic E-state index is 11.0. The molecule has 0 fully saturated rings. The number of nitriles is 1. The molecule has 0 atom stereocenters. The number of hydrogen-bond acceptors (Lipinski definition) is 4. The molecule has 1 aromatic carbocycles. The number of amides is 1. The highest BCUT2D eigenvalue weighted by Crippen LogP contribution is 2.29. The lowest BCUT2D eigenvalue weighted by Gasteiger charge is -2.19. The lowest BCUT2D eigenvalue weighted by molar-refractivity contribution is -0.114. The van der Waals surface area contributed by atoms with E-state index in [4.69, 9.17) is 11.0 Å². The van der Waals surface area contributed by atoms with Crippen LogP contribution in [0.3, 0.4) is 0 Å². The van der Waals surface area contributed by atoms with Crippen LogP contribution in [0.4, 0.5) is 0 Å². The minimum atomic E-state index is -0.690. The molecule has 1 aliphatic heterocycles. The van der Waals surface area contributed by atoms with E-state index >= 15 is 0 Å². The second-order valence-electron chi connectivity index (χ2n) is 3.32. The molecule has 1 amide bonds. The fourth-order valence-electron chi connectivity index (χ4n) is 1.50. The van der Waals surface area contributed by atoms with Gasteiger partial charge >= 0.3 is 0 Å². The monoisotopic (exact) mass is 231 g/mol. The van der Waals surface area contributed by atoms with E-state index in [-0.39, 0.29) is 5.57 Å². The zero-order chi connectivity index (χ0) is 11.5. The Balaban J connectivity index is 2.39. The fourth-order valence-corrected chi connectivity index (χ4v) is 2.33. The van der Waals surface area contributed by atoms with Crippen LogP contribution in [0.2, 0.25) is 0 Å². The third-order valence-electron chi connectivity index (χ3n) is 2.28. The highest BCUT2D eigenvalue weighted by atomic mass is 32.2. The number of primary amides is 1. The highest BCUT2D eigenvalue weighted by molar-refractivity contribution is 7.97. The van der Waals surface area contributed by atoms with E-state index in [1.165, 1.54) is 11.9 Å². The van der Waals surface area contributed by atoms with Gasteiger partial charge in [-0.15, -0.1) is 0 Å². The first-order valence-electron chi connectivity index (χ1n) is 4.66. The van der Waals surface area contributed by atoms with Crippen LogP contribution in [0.5, 0.6) is 0 Å². The van der Waals surface area contributed by atoms with Gasteiger partial charge in [-0.2, -0.15) is 5.26 Å². The van der Waals surface area contributed by atoms with Crippen molar-refractivity contribution < 1.29 is 4.79 Å². The van der Waals surface area contributed by atoms with Crippen LogP contribution in [0.25, 0.3) is 0 Å². The van der Waals surface area contributed by atoms with Gasteiger partial charge in [0.2, 0.25) is 0 Å². The average molecular weight is 231 g/mol. The number of nitrogens with one attached hydrogen (secondary N) is 1. The molecule has 0 spiro atoms. The Hall–Kier alpha value is -1.93. The minimum absolute atomic E-state index is 0.00185. The van der Waals surface area contributed by atoms with Gasteiger partial charge in [0.25, 0.3) is 5.91 Å². The predicted octanol–water partition coefficient (Wildman–Crippen LogP) is 1.10. The van der Waals surface area contributed by atoms with E-state index in [2.05, 4.69) is 4.72 Å². The first-order chi connectivity index (χ1) is 7.72. The molecule has 3 N–H and O–H groups in total. The van der Waals surface area contributed by atoms with E-state index in [9.17, 15) is 4.79 Å². The van der Waals surface area contributed by atoms with Gasteiger partial charge in [0.1, 0.15) is 11.6 Å². The summed E-state index contributed by atoms with van der Waals surface area (Å²) < 4.78 is 2.98. The number of rotatable bonds is 1. The zero-order valence-electron chi connectivity index (χ0n) is 8.36. The Labute approximate surface area is 97.3 Å². The van der Waals surface area contributed by atoms with Gasteiger partial charge < -0.3 is 10.5 Å². The Bertz CT molecular complexity index is 516. The SMILES string of the molecule is N#C/C(C(N)=O)=C1/Cc2ccccc2SN1. The number of allylic oxidation sites excluding steroid dienone is 1. The van der Waals surface area contributed by atoms with E-state index in [0.717, 1.165) is 10.5 Å². The summed E-state index contributed by atoms with van der Waals surface area (Å²) in [6.45, 7) is 0. The van der Waals surface area contributed by atoms with Crippen molar-refractivity contribution in [3.8, 4) is 6.07 Å². The molecule has 0 unspecified atom stereocenters. The summed E-state index contributed by atoms with van der Waals surface area (Å²) in [4.78, 5) is 12.1. The molecule has 1 heterocycles. The normalized spacial score (nSPS) is 16.7. The molecule has 2 rings (SSSR count). The van der Waals surface area contributed by atoms with Gasteiger partial charge in [-0.05, 0) is 23.6 Å². The number of benzene rings is 1. The molecule has 1 aliphatic rings. The Morgan fingerprint density at radius 1 is 1.50 bits per heavy atom. The standard InChI is InChI=1S/C11H9N3OS/c12-6-8(11(13)15)9-5-7-3-1-2-4-10(7)16-14-9/h1-4,14H,5H2,(H2,13,15)/b9-8+. The summed E-state index contributed by atoms with van der Waals surface area (Å²) in [6, 6.07) is 9.66. The molecule has 80 valence electrons. The second kappa shape index (κ2) is 4.29. The predicted molar refractivity (Wildman–Crippen MR) is 61.0 cm³/mol. The minimum Gasteiger partial charge on any atom is -0.365 e. The first-order valence-corrected chi connectivity index (χ1v) is 5.48. The smallest absolute Gasteiger partial charge is 0.261 e.